The molecule has 2 N–H and O–H groups in total. The van der Waals surface area contributed by atoms with E-state index < -0.39 is 26.6 Å². The van der Waals surface area contributed by atoms with E-state index in [-0.39, 0.29) is 12.5 Å². The molecule has 0 aromatic carbocycles. The van der Waals surface area contributed by atoms with E-state index in [4.69, 9.17) is 9.05 Å². The number of quaternary nitrogens is 1. The van der Waals surface area contributed by atoms with Crippen LogP contribution in [0.5, 0.6) is 0 Å². The second-order valence-electron chi connectivity index (χ2n) is 21.7. The lowest BCUT2D eigenvalue weighted by Crippen LogP contribution is -2.45. The van der Waals surface area contributed by atoms with Crippen molar-refractivity contribution in [3.63, 3.8) is 0 Å². The van der Waals surface area contributed by atoms with Gasteiger partial charge in [-0.3, -0.25) is 9.36 Å². The lowest BCUT2D eigenvalue weighted by Gasteiger charge is -2.29. The number of unbranched alkanes of at least 4 members (excludes halogenated alkanes) is 32. The van der Waals surface area contributed by atoms with Gasteiger partial charge in [0.05, 0.1) is 39.9 Å². The van der Waals surface area contributed by atoms with Crippen LogP contribution in [0.25, 0.3) is 0 Å². The van der Waals surface area contributed by atoms with Crippen molar-refractivity contribution >= 4 is 13.7 Å². The van der Waals surface area contributed by atoms with Gasteiger partial charge in [0.1, 0.15) is 13.2 Å². The molecule has 0 aliphatic carbocycles. The minimum absolute atomic E-state index is 0.00652. The number of carbonyl (C=O) groups excluding carboxylic acids is 1. The van der Waals surface area contributed by atoms with Crippen LogP contribution in [0.1, 0.15) is 271 Å². The van der Waals surface area contributed by atoms with E-state index in [1.807, 2.05) is 27.2 Å². The highest BCUT2D eigenvalue weighted by Gasteiger charge is 2.23. The molecule has 420 valence electrons. The van der Waals surface area contributed by atoms with Gasteiger partial charge in [0, 0.05) is 6.42 Å². The van der Waals surface area contributed by atoms with Crippen LogP contribution >= 0.6 is 7.82 Å². The second-order valence-corrected chi connectivity index (χ2v) is 23.1. The van der Waals surface area contributed by atoms with E-state index >= 15 is 0 Å². The monoisotopic (exact) mass is 1030 g/mol. The lowest BCUT2D eigenvalue weighted by atomic mass is 10.0. The Balaban J connectivity index is 3.94. The summed E-state index contributed by atoms with van der Waals surface area (Å²) in [5.41, 5.74) is 0. The molecule has 0 bridgehead atoms. The number of amides is 1. The van der Waals surface area contributed by atoms with Crippen molar-refractivity contribution in [3.05, 3.63) is 72.9 Å². The first-order valence-electron chi connectivity index (χ1n) is 30.3. The minimum Gasteiger partial charge on any atom is -0.756 e. The second kappa shape index (κ2) is 53.8. The molecule has 0 heterocycles. The number of phosphoric ester groups is 1. The zero-order chi connectivity index (χ0) is 52.7. The number of rotatable bonds is 55. The maximum Gasteiger partial charge on any atom is 0.268 e. The minimum atomic E-state index is -4.60. The van der Waals surface area contributed by atoms with Gasteiger partial charge in [0.2, 0.25) is 5.91 Å². The molecule has 0 rings (SSSR count). The Labute approximate surface area is 446 Å². The Kier molecular flexibility index (Phi) is 52.2. The summed E-state index contributed by atoms with van der Waals surface area (Å²) in [6.07, 6.45) is 74.4. The average molecular weight is 1030 g/mol. The third kappa shape index (κ3) is 55.7. The van der Waals surface area contributed by atoms with Crippen molar-refractivity contribution in [1.82, 2.24) is 5.32 Å². The van der Waals surface area contributed by atoms with Gasteiger partial charge < -0.3 is 28.8 Å². The summed E-state index contributed by atoms with van der Waals surface area (Å²) in [5, 5.41) is 13.8. The number of allylic oxidation sites excluding steroid dienone is 11. The van der Waals surface area contributed by atoms with E-state index in [2.05, 4.69) is 79.9 Å². The Bertz CT molecular complexity index is 1400. The Morgan fingerprint density at radius 1 is 0.500 bits per heavy atom. The molecule has 9 heteroatoms. The maximum absolute atomic E-state index is 12.9. The number of carbonyl (C=O) groups is 1. The number of aliphatic hydroxyl groups excluding tert-OH is 1. The molecule has 0 radical (unpaired) electrons. The summed E-state index contributed by atoms with van der Waals surface area (Å²) in [6.45, 7) is 4.51. The molecule has 0 saturated heterocycles. The van der Waals surface area contributed by atoms with E-state index in [9.17, 15) is 19.4 Å². The lowest BCUT2D eigenvalue weighted by molar-refractivity contribution is -0.870. The molecular formula is C63H117N2O6P. The number of nitrogens with one attached hydrogen (secondary N) is 1. The van der Waals surface area contributed by atoms with Crippen LogP contribution in [0.4, 0.5) is 0 Å². The predicted molar refractivity (Wildman–Crippen MR) is 311 cm³/mol. The zero-order valence-corrected chi connectivity index (χ0v) is 48.8. The van der Waals surface area contributed by atoms with Crippen molar-refractivity contribution in [3.8, 4) is 0 Å². The first kappa shape index (κ1) is 69.9. The normalized spacial score (nSPS) is 14.4. The third-order valence-electron chi connectivity index (χ3n) is 13.4. The van der Waals surface area contributed by atoms with E-state index in [0.717, 1.165) is 64.2 Å². The molecule has 0 aromatic heterocycles. The number of nitrogens with zero attached hydrogens (tertiary/aromatic N) is 1. The summed E-state index contributed by atoms with van der Waals surface area (Å²) >= 11 is 0. The number of likely N-dealkylation sites (N-methyl/N-ethyl adjacent to an activating group) is 1. The topological polar surface area (TPSA) is 108 Å². The van der Waals surface area contributed by atoms with Gasteiger partial charge >= 0.3 is 0 Å². The van der Waals surface area contributed by atoms with Gasteiger partial charge in [-0.1, -0.05) is 267 Å². The summed E-state index contributed by atoms with van der Waals surface area (Å²) in [6, 6.07) is -0.903. The molecule has 3 unspecified atom stereocenters. The van der Waals surface area contributed by atoms with Gasteiger partial charge in [-0.25, -0.2) is 0 Å². The molecule has 1 amide bonds. The maximum atomic E-state index is 12.9. The van der Waals surface area contributed by atoms with Crippen LogP contribution < -0.4 is 10.2 Å². The highest BCUT2D eigenvalue weighted by Crippen LogP contribution is 2.38. The Hall–Kier alpha value is -2.06. The number of hydrogen-bond donors (Lipinski definition) is 2. The Morgan fingerprint density at radius 2 is 0.861 bits per heavy atom. The van der Waals surface area contributed by atoms with E-state index in [1.165, 1.54) is 186 Å². The van der Waals surface area contributed by atoms with E-state index in [0.29, 0.717) is 17.4 Å². The molecular weight excluding hydrogens is 912 g/mol. The average Bonchev–Trinajstić information content (AvgIpc) is 3.34. The van der Waals surface area contributed by atoms with Crippen molar-refractivity contribution in [2.24, 2.45) is 0 Å². The van der Waals surface area contributed by atoms with Crippen LogP contribution in [-0.4, -0.2) is 68.5 Å². The Morgan fingerprint density at radius 3 is 1.29 bits per heavy atom. The van der Waals surface area contributed by atoms with Gasteiger partial charge in [-0.2, -0.15) is 0 Å². The van der Waals surface area contributed by atoms with Crippen molar-refractivity contribution < 1.29 is 32.9 Å². The first-order valence-corrected chi connectivity index (χ1v) is 31.8. The molecule has 72 heavy (non-hydrogen) atoms. The highest BCUT2D eigenvalue weighted by molar-refractivity contribution is 7.45. The fourth-order valence-corrected chi connectivity index (χ4v) is 9.41. The summed E-state index contributed by atoms with van der Waals surface area (Å²) < 4.78 is 23.3. The number of aliphatic hydroxyl groups is 1. The van der Waals surface area contributed by atoms with E-state index in [1.54, 1.807) is 6.08 Å². The van der Waals surface area contributed by atoms with Crippen molar-refractivity contribution in [2.45, 2.75) is 283 Å². The zero-order valence-electron chi connectivity index (χ0n) is 47.9. The molecule has 3 atom stereocenters. The molecule has 0 aliphatic rings. The molecule has 0 spiro atoms. The predicted octanol–water partition coefficient (Wildman–Crippen LogP) is 18.0. The summed E-state index contributed by atoms with van der Waals surface area (Å²) in [5.74, 6) is -0.205. The smallest absolute Gasteiger partial charge is 0.268 e. The fourth-order valence-electron chi connectivity index (χ4n) is 8.69. The first-order chi connectivity index (χ1) is 35.0. The highest BCUT2D eigenvalue weighted by atomic mass is 31.2. The number of phosphoric acid groups is 1. The fraction of sp³-hybridized carbons (Fsp3) is 0.794. The van der Waals surface area contributed by atoms with Gasteiger partial charge in [0.25, 0.3) is 7.82 Å². The largest absolute Gasteiger partial charge is 0.756 e. The van der Waals surface area contributed by atoms with Crippen LogP contribution in [0, 0.1) is 0 Å². The molecule has 0 aliphatic heterocycles. The molecule has 0 saturated carbocycles. The van der Waals surface area contributed by atoms with Crippen molar-refractivity contribution in [2.75, 3.05) is 40.9 Å². The van der Waals surface area contributed by atoms with Crippen LogP contribution in [-0.2, 0) is 18.4 Å². The SMILES string of the molecule is CC/C=C\C/C=C\C/C=C\C/C=C\CCCCCCCCCCCCCCCCCCCCCCCCCCC(=O)NC(COP(=O)([O-])OCC[N+](C)(C)C)C(O)/C=C/CC/C=C/CCCCCCCCC. The standard InChI is InChI=1S/C63H117N2O6P/c1-6-8-10-12-14-16-18-20-21-22-23-24-25-26-27-28-29-30-31-32-33-34-35-36-37-38-39-40-41-42-43-45-47-49-51-53-55-57-63(67)64-61(60-71-72(68,69)70-59-58-65(3,4)5)62(66)56-54-52-50-48-46-44-19-17-15-13-11-9-7-2/h8,10,14,16,20-21,23-24,46,48,54,56,61-62,66H,6-7,9,11-13,15,17-19,22,25-45,47,49-53,55,57-60H2,1-5H3,(H-,64,67,68,69)/b10-8-,16-14-,21-20-,24-23-,48-46+,56-54+. The molecule has 8 nitrogen and oxygen atoms in total. The van der Waals surface area contributed by atoms with Gasteiger partial charge in [-0.15, -0.1) is 0 Å². The molecule has 0 aromatic rings. The van der Waals surface area contributed by atoms with Crippen LogP contribution in [0.3, 0.4) is 0 Å². The summed E-state index contributed by atoms with van der Waals surface area (Å²) in [7, 11) is 1.25. The van der Waals surface area contributed by atoms with Gasteiger partial charge in [0.15, 0.2) is 0 Å². The molecule has 0 fully saturated rings. The number of hydrogen-bond acceptors (Lipinski definition) is 6. The van der Waals surface area contributed by atoms with Crippen LogP contribution in [0.2, 0.25) is 0 Å². The van der Waals surface area contributed by atoms with Gasteiger partial charge in [-0.05, 0) is 70.6 Å². The summed E-state index contributed by atoms with van der Waals surface area (Å²) in [4.78, 5) is 25.4. The van der Waals surface area contributed by atoms with Crippen molar-refractivity contribution in [1.29, 1.82) is 0 Å². The third-order valence-corrected chi connectivity index (χ3v) is 14.4. The quantitative estimate of drug-likeness (QED) is 0.0272. The van der Waals surface area contributed by atoms with Crippen LogP contribution in [0.15, 0.2) is 72.9 Å².